The minimum Gasteiger partial charge on any atom is -0.497 e. The van der Waals surface area contributed by atoms with Gasteiger partial charge < -0.3 is 18.9 Å². The average molecular weight is 523 g/mol. The highest BCUT2D eigenvalue weighted by Gasteiger charge is 2.33. The van der Waals surface area contributed by atoms with Gasteiger partial charge in [0.25, 0.3) is 5.56 Å². The molecule has 4 rings (SSSR count). The third kappa shape index (κ3) is 5.32. The first-order valence-corrected chi connectivity index (χ1v) is 12.8. The summed E-state index contributed by atoms with van der Waals surface area (Å²) < 4.78 is 23.9. The Kier molecular flexibility index (Phi) is 7.83. The minimum atomic E-state index is -0.691. The number of hydrogen-bond acceptors (Lipinski definition) is 8. The molecule has 3 aromatic rings. The normalized spacial score (nSPS) is 15.3. The van der Waals surface area contributed by atoms with E-state index in [1.807, 2.05) is 44.2 Å². The van der Waals surface area contributed by atoms with Crippen LogP contribution in [0.5, 0.6) is 17.2 Å². The van der Waals surface area contributed by atoms with Crippen molar-refractivity contribution in [1.82, 2.24) is 4.57 Å². The van der Waals surface area contributed by atoms with Crippen LogP contribution >= 0.6 is 11.3 Å². The molecule has 0 aliphatic carbocycles. The van der Waals surface area contributed by atoms with Gasteiger partial charge in [-0.05, 0) is 63.6 Å². The number of carbonyl (C=O) groups is 1. The van der Waals surface area contributed by atoms with Crippen molar-refractivity contribution in [3.63, 3.8) is 0 Å². The zero-order chi connectivity index (χ0) is 26.7. The number of carbonyl (C=O) groups excluding carboxylic acids is 1. The van der Waals surface area contributed by atoms with E-state index in [9.17, 15) is 9.59 Å². The van der Waals surface area contributed by atoms with Gasteiger partial charge in [-0.15, -0.1) is 0 Å². The highest BCUT2D eigenvalue weighted by Crippen LogP contribution is 2.32. The maximum absolute atomic E-state index is 13.8. The van der Waals surface area contributed by atoms with Crippen molar-refractivity contribution in [1.29, 1.82) is 0 Å². The maximum atomic E-state index is 13.8. The van der Waals surface area contributed by atoms with Crippen LogP contribution in [0.25, 0.3) is 6.08 Å². The quantitative estimate of drug-likeness (QED) is 0.420. The van der Waals surface area contributed by atoms with Crippen molar-refractivity contribution < 1.29 is 23.7 Å². The Balaban J connectivity index is 1.90. The van der Waals surface area contributed by atoms with Gasteiger partial charge in [-0.1, -0.05) is 23.5 Å². The number of nitrogens with zero attached hydrogens (tertiary/aromatic N) is 2. The summed E-state index contributed by atoms with van der Waals surface area (Å²) in [5, 5.41) is 0. The van der Waals surface area contributed by atoms with Crippen LogP contribution in [0.3, 0.4) is 0 Å². The fourth-order valence-corrected chi connectivity index (χ4v) is 5.22. The SMILES string of the molecule is CCOC(=O)C1=C(C)N=c2sc(=Cc3ccc(OC)cc3OC)c(=O)n2[C@H]1c1ccc(OC(C)C)cc1. The van der Waals surface area contributed by atoms with Gasteiger partial charge in [0.2, 0.25) is 0 Å². The first-order chi connectivity index (χ1) is 17.8. The molecule has 1 aliphatic heterocycles. The number of ether oxygens (including phenoxy) is 4. The van der Waals surface area contributed by atoms with Crippen LogP contribution in [-0.2, 0) is 9.53 Å². The monoisotopic (exact) mass is 522 g/mol. The Morgan fingerprint density at radius 3 is 2.43 bits per heavy atom. The number of methoxy groups -OCH3 is 2. The summed E-state index contributed by atoms with van der Waals surface area (Å²) in [5.41, 5.74) is 2.06. The molecule has 2 aromatic carbocycles. The molecule has 0 amide bonds. The highest BCUT2D eigenvalue weighted by atomic mass is 32.1. The van der Waals surface area contributed by atoms with Crippen molar-refractivity contribution in [2.24, 2.45) is 4.99 Å². The van der Waals surface area contributed by atoms with E-state index < -0.39 is 12.0 Å². The zero-order valence-electron chi connectivity index (χ0n) is 21.7. The molecule has 0 spiro atoms. The summed E-state index contributed by atoms with van der Waals surface area (Å²) in [7, 11) is 3.15. The summed E-state index contributed by atoms with van der Waals surface area (Å²) >= 11 is 1.26. The standard InChI is InChI=1S/C28H30N2O6S/c1-7-35-27(32)24-17(4)29-28-30(25(24)18-8-11-20(12-9-18)36-16(2)3)26(31)23(37-28)14-19-10-13-21(33-5)15-22(19)34-6/h8-16,25H,7H2,1-6H3/t25-/m0/s1. The van der Waals surface area contributed by atoms with Gasteiger partial charge in [-0.2, -0.15) is 0 Å². The van der Waals surface area contributed by atoms with Crippen LogP contribution in [0, 0.1) is 0 Å². The van der Waals surface area contributed by atoms with Gasteiger partial charge in [0.15, 0.2) is 4.80 Å². The van der Waals surface area contributed by atoms with Crippen LogP contribution < -0.4 is 29.1 Å². The molecule has 194 valence electrons. The molecule has 37 heavy (non-hydrogen) atoms. The van der Waals surface area contributed by atoms with E-state index in [2.05, 4.69) is 4.99 Å². The lowest BCUT2D eigenvalue weighted by atomic mass is 9.96. The van der Waals surface area contributed by atoms with Crippen LogP contribution in [0.15, 0.2) is 63.5 Å². The van der Waals surface area contributed by atoms with Crippen molar-refractivity contribution in [3.8, 4) is 17.2 Å². The zero-order valence-corrected chi connectivity index (χ0v) is 22.5. The van der Waals surface area contributed by atoms with Crippen molar-refractivity contribution >= 4 is 23.4 Å². The van der Waals surface area contributed by atoms with Crippen molar-refractivity contribution in [3.05, 3.63) is 84.5 Å². The summed E-state index contributed by atoms with van der Waals surface area (Å²) in [5.74, 6) is 1.43. The second kappa shape index (κ2) is 11.0. The van der Waals surface area contributed by atoms with Crippen molar-refractivity contribution in [2.75, 3.05) is 20.8 Å². The lowest BCUT2D eigenvalue weighted by Gasteiger charge is -2.25. The number of fused-ring (bicyclic) bond motifs is 1. The Bertz CT molecular complexity index is 1520. The van der Waals surface area contributed by atoms with E-state index in [1.165, 1.54) is 11.3 Å². The Hall–Kier alpha value is -3.85. The number of esters is 1. The van der Waals surface area contributed by atoms with Gasteiger partial charge in [-0.3, -0.25) is 9.36 Å². The van der Waals surface area contributed by atoms with E-state index in [-0.39, 0.29) is 18.3 Å². The predicted molar refractivity (Wildman–Crippen MR) is 142 cm³/mol. The molecule has 0 bridgehead atoms. The third-order valence-electron chi connectivity index (χ3n) is 5.81. The molecule has 0 radical (unpaired) electrons. The maximum Gasteiger partial charge on any atom is 0.338 e. The molecule has 1 atom stereocenters. The summed E-state index contributed by atoms with van der Waals surface area (Å²) in [6.07, 6.45) is 1.79. The topological polar surface area (TPSA) is 88.4 Å². The number of allylic oxidation sites excluding steroid dienone is 1. The van der Waals surface area contributed by atoms with Crippen molar-refractivity contribution in [2.45, 2.75) is 39.8 Å². The number of thiazole rings is 1. The highest BCUT2D eigenvalue weighted by molar-refractivity contribution is 7.07. The van der Waals surface area contributed by atoms with E-state index in [0.29, 0.717) is 37.9 Å². The summed E-state index contributed by atoms with van der Waals surface area (Å²) in [4.78, 5) is 32.0. The molecule has 0 unspecified atom stereocenters. The summed E-state index contributed by atoms with van der Waals surface area (Å²) in [6, 6.07) is 12.1. The molecular formula is C28H30N2O6S. The number of hydrogen-bond donors (Lipinski definition) is 0. The molecule has 2 heterocycles. The fourth-order valence-electron chi connectivity index (χ4n) is 4.19. The van der Waals surface area contributed by atoms with E-state index in [0.717, 1.165) is 11.1 Å². The first kappa shape index (κ1) is 26.2. The molecule has 9 heteroatoms. The molecule has 0 saturated carbocycles. The second-order valence-corrected chi connectivity index (χ2v) is 9.65. The smallest absolute Gasteiger partial charge is 0.338 e. The Morgan fingerprint density at radius 2 is 1.81 bits per heavy atom. The van der Waals surface area contributed by atoms with E-state index >= 15 is 0 Å². The van der Waals surface area contributed by atoms with Crippen LogP contribution in [-0.4, -0.2) is 37.5 Å². The number of benzene rings is 2. The molecule has 1 aromatic heterocycles. The van der Waals surface area contributed by atoms with Crippen LogP contribution in [0.2, 0.25) is 0 Å². The van der Waals surface area contributed by atoms with E-state index in [1.54, 1.807) is 50.8 Å². The first-order valence-electron chi connectivity index (χ1n) is 12.0. The fraction of sp³-hybridized carbons (Fsp3) is 0.321. The summed E-state index contributed by atoms with van der Waals surface area (Å²) in [6.45, 7) is 7.63. The lowest BCUT2D eigenvalue weighted by molar-refractivity contribution is -0.139. The molecule has 0 saturated heterocycles. The van der Waals surface area contributed by atoms with Crippen LogP contribution in [0.1, 0.15) is 44.9 Å². The molecule has 1 aliphatic rings. The minimum absolute atomic E-state index is 0.0238. The van der Waals surface area contributed by atoms with E-state index in [4.69, 9.17) is 18.9 Å². The Labute approximate surface area is 219 Å². The average Bonchev–Trinajstić information content (AvgIpc) is 3.18. The molecule has 8 nitrogen and oxygen atoms in total. The second-order valence-electron chi connectivity index (χ2n) is 8.65. The molecule has 0 N–H and O–H groups in total. The van der Waals surface area contributed by atoms with Gasteiger partial charge >= 0.3 is 5.97 Å². The van der Waals surface area contributed by atoms with Gasteiger partial charge in [-0.25, -0.2) is 9.79 Å². The third-order valence-corrected chi connectivity index (χ3v) is 6.79. The Morgan fingerprint density at radius 1 is 1.11 bits per heavy atom. The van der Waals surface area contributed by atoms with Crippen LogP contribution in [0.4, 0.5) is 0 Å². The van der Waals surface area contributed by atoms with Gasteiger partial charge in [0.1, 0.15) is 17.2 Å². The molecule has 0 fully saturated rings. The van der Waals surface area contributed by atoms with Gasteiger partial charge in [0.05, 0.1) is 48.8 Å². The number of rotatable bonds is 8. The van der Waals surface area contributed by atoms with Gasteiger partial charge in [0, 0.05) is 11.6 Å². The largest absolute Gasteiger partial charge is 0.497 e. The lowest BCUT2D eigenvalue weighted by Crippen LogP contribution is -2.39. The number of aromatic nitrogens is 1. The molecular weight excluding hydrogens is 492 g/mol. The predicted octanol–water partition coefficient (Wildman–Crippen LogP) is 3.60.